The number of anilines is 1. The number of amides is 2. The number of phenols is 1. The normalized spacial score (nSPS) is 20.5. The van der Waals surface area contributed by atoms with Crippen LogP contribution in [0.25, 0.3) is 0 Å². The third kappa shape index (κ3) is 6.13. The van der Waals surface area contributed by atoms with Crippen molar-refractivity contribution in [3.8, 4) is 5.75 Å². The summed E-state index contributed by atoms with van der Waals surface area (Å²) in [6, 6.07) is 2.11. The minimum absolute atomic E-state index is 0.0396. The SMILES string of the molecule is CCS(=O)(=O)N=C(NC(=O)[C@H](C)N)c1ccc(N2CCC[C@H]2C(=O)NC)c(C2CCCCC2)c1O. The van der Waals surface area contributed by atoms with E-state index in [9.17, 15) is 23.1 Å². The number of hydrogen-bond donors (Lipinski definition) is 4. The number of carbonyl (C=O) groups excluding carboxylic acids is 2. The van der Waals surface area contributed by atoms with E-state index >= 15 is 0 Å². The van der Waals surface area contributed by atoms with Gasteiger partial charge in [0.2, 0.25) is 11.8 Å². The highest BCUT2D eigenvalue weighted by atomic mass is 32.2. The Balaban J connectivity index is 2.18. The van der Waals surface area contributed by atoms with Crippen LogP contribution in [-0.4, -0.2) is 62.6 Å². The number of nitrogens with one attached hydrogen (secondary N) is 2. The first kappa shape index (κ1) is 26.9. The van der Waals surface area contributed by atoms with Crippen LogP contribution in [0.15, 0.2) is 16.5 Å². The van der Waals surface area contributed by atoms with Gasteiger partial charge in [0.25, 0.3) is 10.0 Å². The van der Waals surface area contributed by atoms with Gasteiger partial charge in [0.05, 0.1) is 17.4 Å². The Labute approximate surface area is 207 Å². The number of hydrogen-bond acceptors (Lipinski definition) is 7. The van der Waals surface area contributed by atoms with E-state index in [1.54, 1.807) is 19.2 Å². The van der Waals surface area contributed by atoms with E-state index in [0.717, 1.165) is 44.2 Å². The highest BCUT2D eigenvalue weighted by Gasteiger charge is 2.35. The molecule has 0 bridgehead atoms. The molecule has 5 N–H and O–H groups in total. The van der Waals surface area contributed by atoms with Crippen LogP contribution in [0.1, 0.15) is 75.8 Å². The molecule has 0 spiro atoms. The fourth-order valence-electron chi connectivity index (χ4n) is 4.90. The first-order valence-corrected chi connectivity index (χ1v) is 13.9. The lowest BCUT2D eigenvalue weighted by Gasteiger charge is -2.33. The van der Waals surface area contributed by atoms with Gasteiger partial charge in [0.1, 0.15) is 11.8 Å². The van der Waals surface area contributed by atoms with Gasteiger partial charge in [-0.15, -0.1) is 4.40 Å². The number of carbonyl (C=O) groups is 2. The summed E-state index contributed by atoms with van der Waals surface area (Å²) in [5, 5.41) is 16.8. The van der Waals surface area contributed by atoms with Crippen LogP contribution < -0.4 is 21.3 Å². The second-order valence-electron chi connectivity index (χ2n) is 9.28. The molecule has 1 aliphatic heterocycles. The molecule has 10 nitrogen and oxygen atoms in total. The standard InChI is InChI=1S/C24H37N5O5S/c1-4-35(33,34)28-22(27-23(31)15(2)25)17-12-13-18(29-14-8-11-19(29)24(32)26-3)20(21(17)30)16-9-6-5-7-10-16/h12-13,15-16,19,30H,4-11,14,25H2,1-3H3,(H,26,32)(H,27,28,31)/t15-,19-/m0/s1. The van der Waals surface area contributed by atoms with Gasteiger partial charge < -0.3 is 26.4 Å². The second-order valence-corrected chi connectivity index (χ2v) is 11.2. The minimum Gasteiger partial charge on any atom is -0.507 e. The van der Waals surface area contributed by atoms with Crippen molar-refractivity contribution in [1.29, 1.82) is 0 Å². The van der Waals surface area contributed by atoms with E-state index in [1.165, 1.54) is 13.8 Å². The number of likely N-dealkylation sites (N-methyl/N-ethyl adjacent to an activating group) is 1. The Morgan fingerprint density at radius 3 is 2.49 bits per heavy atom. The molecule has 0 radical (unpaired) electrons. The van der Waals surface area contributed by atoms with Gasteiger partial charge in [-0.2, -0.15) is 0 Å². The first-order chi connectivity index (χ1) is 16.6. The summed E-state index contributed by atoms with van der Waals surface area (Å²) in [7, 11) is -2.27. The Morgan fingerprint density at radius 1 is 1.20 bits per heavy atom. The Hall–Kier alpha value is -2.66. The largest absolute Gasteiger partial charge is 0.507 e. The molecule has 2 atom stereocenters. The maximum absolute atomic E-state index is 12.6. The Morgan fingerprint density at radius 2 is 1.89 bits per heavy atom. The van der Waals surface area contributed by atoms with Crippen molar-refractivity contribution >= 4 is 33.4 Å². The molecule has 3 rings (SSSR count). The monoisotopic (exact) mass is 507 g/mol. The van der Waals surface area contributed by atoms with Crippen LogP contribution >= 0.6 is 0 Å². The van der Waals surface area contributed by atoms with Crippen molar-refractivity contribution in [3.05, 3.63) is 23.3 Å². The lowest BCUT2D eigenvalue weighted by atomic mass is 9.81. The lowest BCUT2D eigenvalue weighted by Crippen LogP contribution is -2.43. The molecular formula is C24H37N5O5S. The smallest absolute Gasteiger partial charge is 0.254 e. The summed E-state index contributed by atoms with van der Waals surface area (Å²) in [5.74, 6) is -1.29. The summed E-state index contributed by atoms with van der Waals surface area (Å²) in [6.07, 6.45) is 6.43. The zero-order valence-electron chi connectivity index (χ0n) is 20.7. The van der Waals surface area contributed by atoms with Gasteiger partial charge >= 0.3 is 0 Å². The van der Waals surface area contributed by atoms with E-state index in [4.69, 9.17) is 5.73 Å². The van der Waals surface area contributed by atoms with Gasteiger partial charge in [-0.1, -0.05) is 19.3 Å². The topological polar surface area (TPSA) is 154 Å². The molecule has 11 heteroatoms. The molecule has 1 aromatic rings. The number of nitrogens with zero attached hydrogens (tertiary/aromatic N) is 2. The van der Waals surface area contributed by atoms with E-state index in [0.29, 0.717) is 18.5 Å². The van der Waals surface area contributed by atoms with Crippen molar-refractivity contribution in [3.63, 3.8) is 0 Å². The van der Waals surface area contributed by atoms with Gasteiger partial charge in [0.15, 0.2) is 5.84 Å². The third-order valence-corrected chi connectivity index (χ3v) is 8.01. The number of benzene rings is 1. The van der Waals surface area contributed by atoms with Gasteiger partial charge in [0, 0.05) is 24.8 Å². The molecule has 2 aliphatic rings. The molecule has 2 amide bonds. The fourth-order valence-corrected chi connectivity index (χ4v) is 5.45. The maximum Gasteiger partial charge on any atom is 0.254 e. The molecule has 1 saturated carbocycles. The highest BCUT2D eigenvalue weighted by Crippen LogP contribution is 2.45. The van der Waals surface area contributed by atoms with Crippen LogP contribution in [0, 0.1) is 0 Å². The highest BCUT2D eigenvalue weighted by molar-refractivity contribution is 7.90. The minimum atomic E-state index is -3.88. The van der Waals surface area contributed by atoms with E-state index in [2.05, 4.69) is 15.0 Å². The van der Waals surface area contributed by atoms with Gasteiger partial charge in [-0.05, 0) is 57.6 Å². The summed E-state index contributed by atoms with van der Waals surface area (Å²) in [4.78, 5) is 27.0. The molecule has 194 valence electrons. The van der Waals surface area contributed by atoms with E-state index in [-0.39, 0.29) is 40.8 Å². The molecule has 1 heterocycles. The first-order valence-electron chi connectivity index (χ1n) is 12.3. The zero-order valence-corrected chi connectivity index (χ0v) is 21.5. The maximum atomic E-state index is 12.6. The van der Waals surface area contributed by atoms with Crippen molar-refractivity contribution < 1.29 is 23.1 Å². The van der Waals surface area contributed by atoms with Crippen molar-refractivity contribution in [2.24, 2.45) is 10.1 Å². The molecule has 0 aromatic heterocycles. The fraction of sp³-hybridized carbons (Fsp3) is 0.625. The molecular weight excluding hydrogens is 470 g/mol. The molecule has 1 saturated heterocycles. The zero-order chi connectivity index (χ0) is 25.8. The number of aromatic hydroxyl groups is 1. The van der Waals surface area contributed by atoms with Crippen LogP contribution in [0.5, 0.6) is 5.75 Å². The molecule has 0 unspecified atom stereocenters. The second kappa shape index (κ2) is 11.4. The van der Waals surface area contributed by atoms with Crippen molar-refractivity contribution in [2.45, 2.75) is 76.8 Å². The lowest BCUT2D eigenvalue weighted by molar-refractivity contribution is -0.122. The third-order valence-electron chi connectivity index (χ3n) is 6.82. The van der Waals surface area contributed by atoms with E-state index in [1.807, 2.05) is 4.90 Å². The van der Waals surface area contributed by atoms with Gasteiger partial charge in [-0.25, -0.2) is 8.42 Å². The summed E-state index contributed by atoms with van der Waals surface area (Å²) >= 11 is 0. The summed E-state index contributed by atoms with van der Waals surface area (Å²) < 4.78 is 28.5. The number of amidine groups is 1. The van der Waals surface area contributed by atoms with Crippen molar-refractivity contribution in [2.75, 3.05) is 24.2 Å². The molecule has 1 aromatic carbocycles. The average Bonchev–Trinajstić information content (AvgIpc) is 3.33. The summed E-state index contributed by atoms with van der Waals surface area (Å²) in [6.45, 7) is 3.60. The molecule has 1 aliphatic carbocycles. The van der Waals surface area contributed by atoms with Gasteiger partial charge in [-0.3, -0.25) is 9.59 Å². The predicted octanol–water partition coefficient (Wildman–Crippen LogP) is 1.71. The Kier molecular flexibility index (Phi) is 8.76. The predicted molar refractivity (Wildman–Crippen MR) is 136 cm³/mol. The quantitative estimate of drug-likeness (QED) is 0.324. The number of phenolic OH excluding ortho intramolecular Hbond substituents is 1. The summed E-state index contributed by atoms with van der Waals surface area (Å²) in [5.41, 5.74) is 7.24. The molecule has 2 fully saturated rings. The number of rotatable bonds is 7. The molecule has 35 heavy (non-hydrogen) atoms. The Bertz CT molecular complexity index is 1080. The number of sulfonamides is 1. The van der Waals surface area contributed by atoms with Crippen LogP contribution in [-0.2, 0) is 19.6 Å². The van der Waals surface area contributed by atoms with E-state index < -0.39 is 22.0 Å². The number of nitrogens with two attached hydrogens (primary N) is 1. The average molecular weight is 508 g/mol. The van der Waals surface area contributed by atoms with Crippen LogP contribution in [0.3, 0.4) is 0 Å². The van der Waals surface area contributed by atoms with Crippen LogP contribution in [0.4, 0.5) is 5.69 Å². The van der Waals surface area contributed by atoms with Crippen molar-refractivity contribution in [1.82, 2.24) is 10.6 Å². The van der Waals surface area contributed by atoms with Crippen LogP contribution in [0.2, 0.25) is 0 Å².